The van der Waals surface area contributed by atoms with Crippen LogP contribution < -0.4 is 68.6 Å². The van der Waals surface area contributed by atoms with Gasteiger partial charge in [0, 0.05) is 0 Å². The van der Waals surface area contributed by atoms with Gasteiger partial charge in [0.2, 0.25) is 17.8 Å². The summed E-state index contributed by atoms with van der Waals surface area (Å²) in [6.07, 6.45) is 0. The molecule has 0 spiro atoms. The van der Waals surface area contributed by atoms with Crippen LogP contribution in [0.4, 0.5) is 17.8 Å². The summed E-state index contributed by atoms with van der Waals surface area (Å²) < 4.78 is 22.6. The fourth-order valence-corrected chi connectivity index (χ4v) is 1.15. The van der Waals surface area contributed by atoms with Crippen molar-refractivity contribution in [2.24, 2.45) is 0 Å². The smallest absolute Gasteiger partial charge is 1.00 e. The average molecular weight is 323 g/mol. The molecule has 106 valence electrons. The van der Waals surface area contributed by atoms with E-state index in [2.05, 4.69) is 37.8 Å². The minimum atomic E-state index is -1.45. The SMILES string of the molecule is Nc1nc(N)nc(N)n1.OB1OB2OB(O)OB(O1)O2.[H-].[K+]. The van der Waals surface area contributed by atoms with Crippen LogP contribution in [0.15, 0.2) is 0 Å². The molecule has 2 aliphatic rings. The van der Waals surface area contributed by atoms with E-state index in [4.69, 9.17) is 27.2 Å². The van der Waals surface area contributed by atoms with E-state index in [1.165, 1.54) is 0 Å². The maximum Gasteiger partial charge on any atom is 1.00 e. The Morgan fingerprint density at radius 2 is 1.00 bits per heavy atom. The van der Waals surface area contributed by atoms with Gasteiger partial charge < -0.3 is 51.5 Å². The van der Waals surface area contributed by atoms with E-state index in [9.17, 15) is 0 Å². The average Bonchev–Trinajstić information content (AvgIpc) is 2.24. The maximum absolute atomic E-state index is 8.74. The number of aromatic nitrogens is 3. The number of hydrogen-bond donors (Lipinski definition) is 5. The van der Waals surface area contributed by atoms with Gasteiger partial charge in [0.05, 0.1) is 0 Å². The third kappa shape index (κ3) is 6.34. The molecule has 0 aliphatic carbocycles. The van der Waals surface area contributed by atoms with Crippen LogP contribution in [-0.2, 0) is 22.9 Å². The minimum Gasteiger partial charge on any atom is -1.00 e. The fraction of sp³-hybridized carbons (Fsp3) is 0. The number of nitrogens with two attached hydrogens (primary N) is 3. The minimum absolute atomic E-state index is 0. The van der Waals surface area contributed by atoms with Crippen molar-refractivity contribution in [3.63, 3.8) is 0 Å². The van der Waals surface area contributed by atoms with Crippen molar-refractivity contribution in [3.8, 4) is 0 Å². The monoisotopic (exact) mass is 324 g/mol. The van der Waals surface area contributed by atoms with Gasteiger partial charge in [-0.3, -0.25) is 0 Å². The second-order valence-electron chi connectivity index (χ2n) is 3.28. The Labute approximate surface area is 163 Å². The van der Waals surface area contributed by atoms with Crippen molar-refractivity contribution < 1.29 is 85.7 Å². The van der Waals surface area contributed by atoms with Gasteiger partial charge in [0.25, 0.3) is 0 Å². The summed E-state index contributed by atoms with van der Waals surface area (Å²) in [5.74, 6) is 0.125. The molecule has 0 aromatic carbocycles. The van der Waals surface area contributed by atoms with Crippen LogP contribution >= 0.6 is 0 Å². The van der Waals surface area contributed by atoms with Gasteiger partial charge >= 0.3 is 80.7 Å². The molecule has 1 aromatic heterocycles. The molecule has 2 saturated heterocycles. The van der Waals surface area contributed by atoms with Gasteiger partial charge in [-0.1, -0.05) is 0 Å². The number of fused-ring (bicyclic) bond motifs is 2. The molecule has 0 amide bonds. The van der Waals surface area contributed by atoms with E-state index < -0.39 is 29.3 Å². The van der Waals surface area contributed by atoms with Crippen LogP contribution in [0, 0.1) is 0 Å². The van der Waals surface area contributed by atoms with Crippen molar-refractivity contribution >= 4 is 47.1 Å². The van der Waals surface area contributed by atoms with Crippen LogP contribution in [0.2, 0.25) is 0 Å². The van der Waals surface area contributed by atoms with E-state index in [-0.39, 0.29) is 70.7 Å². The number of nitrogens with zero attached hydrogens (tertiary/aromatic N) is 3. The molecule has 13 nitrogen and oxygen atoms in total. The molecular formula is C3H9B4KN6O7. The topological polar surface area (TPSA) is 203 Å². The van der Waals surface area contributed by atoms with Gasteiger partial charge in [-0.15, -0.1) is 0 Å². The molecule has 2 aliphatic heterocycles. The summed E-state index contributed by atoms with van der Waals surface area (Å²) in [5.41, 5.74) is 15.4. The van der Waals surface area contributed by atoms with E-state index in [0.717, 1.165) is 0 Å². The van der Waals surface area contributed by atoms with Gasteiger partial charge in [-0.2, -0.15) is 15.0 Å². The third-order valence-electron chi connectivity index (χ3n) is 1.82. The van der Waals surface area contributed by atoms with Crippen molar-refractivity contribution in [2.45, 2.75) is 0 Å². The largest absolute Gasteiger partial charge is 1.00 e. The first kappa shape index (κ1) is 19.1. The van der Waals surface area contributed by atoms with Gasteiger partial charge in [-0.25, -0.2) is 0 Å². The number of rotatable bonds is 0. The predicted octanol–water partition coefficient (Wildman–Crippen LogP) is -7.24. The Bertz CT molecular complexity index is 398. The van der Waals surface area contributed by atoms with Crippen LogP contribution in [0.5, 0.6) is 0 Å². The molecular weight excluding hydrogens is 314 g/mol. The van der Waals surface area contributed by atoms with Crippen LogP contribution in [0.25, 0.3) is 0 Å². The van der Waals surface area contributed by atoms with E-state index in [1.807, 2.05) is 0 Å². The number of anilines is 3. The first-order chi connectivity index (χ1) is 9.42. The predicted molar refractivity (Wildman–Crippen MR) is 67.1 cm³/mol. The molecule has 0 atom stereocenters. The fourth-order valence-electron chi connectivity index (χ4n) is 1.15. The van der Waals surface area contributed by atoms with Gasteiger partial charge in [0.1, 0.15) is 0 Å². The Morgan fingerprint density at radius 1 is 0.714 bits per heavy atom. The van der Waals surface area contributed by atoms with Crippen molar-refractivity contribution in [1.82, 2.24) is 15.0 Å². The van der Waals surface area contributed by atoms with Crippen molar-refractivity contribution in [1.29, 1.82) is 0 Å². The van der Waals surface area contributed by atoms with Gasteiger partial charge in [0.15, 0.2) is 0 Å². The second kappa shape index (κ2) is 8.60. The molecule has 2 bridgehead atoms. The first-order valence-corrected chi connectivity index (χ1v) is 5.08. The summed E-state index contributed by atoms with van der Waals surface area (Å²) in [4.78, 5) is 10.5. The molecule has 2 fully saturated rings. The molecule has 0 saturated carbocycles. The number of nitrogen functional groups attached to an aromatic ring is 3. The number of hydrogen-bond acceptors (Lipinski definition) is 13. The van der Waals surface area contributed by atoms with Crippen molar-refractivity contribution in [2.75, 3.05) is 17.2 Å². The van der Waals surface area contributed by atoms with E-state index >= 15 is 0 Å². The molecule has 18 heteroatoms. The Hall–Kier alpha value is 0.0261. The second-order valence-corrected chi connectivity index (χ2v) is 3.28. The van der Waals surface area contributed by atoms with Crippen LogP contribution in [0.3, 0.4) is 0 Å². The first-order valence-electron chi connectivity index (χ1n) is 5.08. The Morgan fingerprint density at radius 3 is 1.29 bits per heavy atom. The zero-order chi connectivity index (χ0) is 14.7. The molecule has 0 unspecified atom stereocenters. The molecule has 3 heterocycles. The normalized spacial score (nSPS) is 16.9. The summed E-state index contributed by atoms with van der Waals surface area (Å²) in [6, 6.07) is 0. The molecule has 21 heavy (non-hydrogen) atoms. The zero-order valence-electron chi connectivity index (χ0n) is 11.8. The quantitative estimate of drug-likeness (QED) is 0.282. The van der Waals surface area contributed by atoms with Gasteiger partial charge in [-0.05, 0) is 0 Å². The molecule has 8 N–H and O–H groups in total. The summed E-state index contributed by atoms with van der Waals surface area (Å²) >= 11 is 0. The van der Waals surface area contributed by atoms with Crippen LogP contribution in [0.1, 0.15) is 1.43 Å². The third-order valence-corrected chi connectivity index (χ3v) is 1.82. The standard InChI is InChI=1S/C3H6N6.B4H2O7.K.H/c4-1-7-2(5)9-3(6)8-1;5-1-7-3-9-2(6)10-4(8-1)11-3;;/h(H6,4,5,6,7,8,9);5-6H;;/q;;+1;-1. The van der Waals surface area contributed by atoms with Crippen molar-refractivity contribution in [3.05, 3.63) is 0 Å². The Kier molecular flexibility index (Phi) is 7.82. The summed E-state index contributed by atoms with van der Waals surface area (Å²) in [6.45, 7) is 0. The Balaban J connectivity index is 0.000000374. The summed E-state index contributed by atoms with van der Waals surface area (Å²) in [5, 5.41) is 17.5. The zero-order valence-corrected chi connectivity index (χ0v) is 13.9. The molecule has 0 radical (unpaired) electrons. The maximum atomic E-state index is 8.74. The molecule has 3 rings (SSSR count). The van der Waals surface area contributed by atoms with E-state index in [1.54, 1.807) is 0 Å². The molecule has 1 aromatic rings. The van der Waals surface area contributed by atoms with E-state index in [0.29, 0.717) is 0 Å². The van der Waals surface area contributed by atoms with Crippen LogP contribution in [-0.4, -0.2) is 54.3 Å². The summed E-state index contributed by atoms with van der Waals surface area (Å²) in [7, 11) is -5.20.